The third-order valence-corrected chi connectivity index (χ3v) is 2.14. The van der Waals surface area contributed by atoms with Crippen LogP contribution >= 0.6 is 11.6 Å². The molecule has 0 radical (unpaired) electrons. The minimum absolute atomic E-state index is 0.345. The van der Waals surface area contributed by atoms with Crippen LogP contribution in [-0.2, 0) is 0 Å². The highest BCUT2D eigenvalue weighted by molar-refractivity contribution is 6.20. The third kappa shape index (κ3) is 8.19. The van der Waals surface area contributed by atoms with Crippen molar-refractivity contribution in [3.05, 3.63) is 0 Å². The minimum Gasteiger partial charge on any atom is -0.123 e. The van der Waals surface area contributed by atoms with E-state index in [1.54, 1.807) is 0 Å². The standard InChI is InChI=1S/C10H21Cl/c1-8(2)5-6-9(3)7-10(4)11/h8-10H,5-7H2,1-4H3. The molecule has 11 heavy (non-hydrogen) atoms. The predicted octanol–water partition coefficient (Wildman–Crippen LogP) is 4.08. The summed E-state index contributed by atoms with van der Waals surface area (Å²) in [4.78, 5) is 0. The minimum atomic E-state index is 0.345. The lowest BCUT2D eigenvalue weighted by atomic mass is 9.96. The highest BCUT2D eigenvalue weighted by Gasteiger charge is 2.06. The molecule has 2 atom stereocenters. The maximum Gasteiger partial charge on any atom is 0.0310 e. The van der Waals surface area contributed by atoms with E-state index in [4.69, 9.17) is 11.6 Å². The van der Waals surface area contributed by atoms with Crippen LogP contribution in [0.3, 0.4) is 0 Å². The van der Waals surface area contributed by atoms with Gasteiger partial charge in [0.25, 0.3) is 0 Å². The Morgan fingerprint density at radius 1 is 1.00 bits per heavy atom. The molecule has 1 heteroatoms. The fraction of sp³-hybridized carbons (Fsp3) is 1.00. The van der Waals surface area contributed by atoms with E-state index in [-0.39, 0.29) is 0 Å². The molecular weight excluding hydrogens is 156 g/mol. The van der Waals surface area contributed by atoms with Gasteiger partial charge in [-0.1, -0.05) is 33.6 Å². The lowest BCUT2D eigenvalue weighted by Crippen LogP contribution is -2.03. The highest BCUT2D eigenvalue weighted by atomic mass is 35.5. The monoisotopic (exact) mass is 176 g/mol. The van der Waals surface area contributed by atoms with Crippen molar-refractivity contribution >= 4 is 11.6 Å². The molecule has 2 unspecified atom stereocenters. The summed E-state index contributed by atoms with van der Waals surface area (Å²) in [5.41, 5.74) is 0. The molecule has 0 N–H and O–H groups in total. The van der Waals surface area contributed by atoms with Crippen LogP contribution in [0.4, 0.5) is 0 Å². The van der Waals surface area contributed by atoms with E-state index in [1.165, 1.54) is 12.8 Å². The van der Waals surface area contributed by atoms with Crippen molar-refractivity contribution < 1.29 is 0 Å². The third-order valence-electron chi connectivity index (χ3n) is 1.96. The molecule has 0 bridgehead atoms. The van der Waals surface area contributed by atoms with E-state index < -0.39 is 0 Å². The highest BCUT2D eigenvalue weighted by Crippen LogP contribution is 2.18. The van der Waals surface area contributed by atoms with E-state index in [9.17, 15) is 0 Å². The molecule has 0 amide bonds. The molecule has 0 nitrogen and oxygen atoms in total. The van der Waals surface area contributed by atoms with Gasteiger partial charge in [0.1, 0.15) is 0 Å². The van der Waals surface area contributed by atoms with Crippen molar-refractivity contribution in [1.82, 2.24) is 0 Å². The van der Waals surface area contributed by atoms with E-state index in [0.717, 1.165) is 18.3 Å². The van der Waals surface area contributed by atoms with Crippen LogP contribution in [0.2, 0.25) is 0 Å². The summed E-state index contributed by atoms with van der Waals surface area (Å²) >= 11 is 5.89. The van der Waals surface area contributed by atoms with Crippen molar-refractivity contribution in [2.75, 3.05) is 0 Å². The van der Waals surface area contributed by atoms with Gasteiger partial charge >= 0.3 is 0 Å². The number of alkyl halides is 1. The maximum atomic E-state index is 5.89. The van der Waals surface area contributed by atoms with Gasteiger partial charge in [0, 0.05) is 5.38 Å². The Balaban J connectivity index is 3.29. The molecule has 0 spiro atoms. The summed E-state index contributed by atoms with van der Waals surface area (Å²) in [5.74, 6) is 1.63. The zero-order chi connectivity index (χ0) is 8.85. The van der Waals surface area contributed by atoms with Crippen LogP contribution < -0.4 is 0 Å². The Hall–Kier alpha value is 0.290. The fourth-order valence-electron chi connectivity index (χ4n) is 1.29. The first-order chi connectivity index (χ1) is 5.02. The first-order valence-electron chi connectivity index (χ1n) is 4.66. The summed E-state index contributed by atoms with van der Waals surface area (Å²) in [6, 6.07) is 0. The second-order valence-electron chi connectivity index (χ2n) is 4.09. The second kappa shape index (κ2) is 5.88. The molecule has 68 valence electrons. The molecule has 0 fully saturated rings. The Bertz CT molecular complexity index is 86.9. The largest absolute Gasteiger partial charge is 0.123 e. The SMILES string of the molecule is CC(C)CCC(C)CC(C)Cl. The predicted molar refractivity (Wildman–Crippen MR) is 53.2 cm³/mol. The molecule has 0 aliphatic heterocycles. The fourth-order valence-corrected chi connectivity index (χ4v) is 1.59. The molecule has 0 aromatic rings. The summed E-state index contributed by atoms with van der Waals surface area (Å²) in [5, 5.41) is 0.345. The van der Waals surface area contributed by atoms with Crippen LogP contribution in [0, 0.1) is 11.8 Å². The van der Waals surface area contributed by atoms with E-state index in [1.807, 2.05) is 0 Å². The van der Waals surface area contributed by atoms with Gasteiger partial charge in [-0.2, -0.15) is 0 Å². The molecule has 0 aliphatic carbocycles. The van der Waals surface area contributed by atoms with Gasteiger partial charge in [-0.3, -0.25) is 0 Å². The average molecular weight is 177 g/mol. The number of hydrogen-bond acceptors (Lipinski definition) is 0. The van der Waals surface area contributed by atoms with Crippen molar-refractivity contribution in [1.29, 1.82) is 0 Å². The van der Waals surface area contributed by atoms with Crippen molar-refractivity contribution in [3.8, 4) is 0 Å². The summed E-state index contributed by atoms with van der Waals surface area (Å²) in [6.07, 6.45) is 3.83. The van der Waals surface area contributed by atoms with Gasteiger partial charge in [-0.15, -0.1) is 11.6 Å². The van der Waals surface area contributed by atoms with Crippen molar-refractivity contribution in [2.45, 2.75) is 52.3 Å². The number of halogens is 1. The smallest absolute Gasteiger partial charge is 0.0310 e. The van der Waals surface area contributed by atoms with Crippen LogP contribution in [0.1, 0.15) is 47.0 Å². The first kappa shape index (κ1) is 11.3. The molecule has 0 saturated heterocycles. The maximum absolute atomic E-state index is 5.89. The van der Waals surface area contributed by atoms with Crippen LogP contribution in [0.5, 0.6) is 0 Å². The molecule has 0 aliphatic rings. The molecule has 0 aromatic carbocycles. The lowest BCUT2D eigenvalue weighted by Gasteiger charge is -2.13. The van der Waals surface area contributed by atoms with Gasteiger partial charge < -0.3 is 0 Å². The molecule has 0 aromatic heterocycles. The van der Waals surface area contributed by atoms with E-state index >= 15 is 0 Å². The van der Waals surface area contributed by atoms with Crippen LogP contribution in [0.15, 0.2) is 0 Å². The van der Waals surface area contributed by atoms with Crippen LogP contribution in [0.25, 0.3) is 0 Å². The Morgan fingerprint density at radius 3 is 1.91 bits per heavy atom. The number of rotatable bonds is 5. The lowest BCUT2D eigenvalue weighted by molar-refractivity contribution is 0.427. The Labute approximate surface area is 76.3 Å². The van der Waals surface area contributed by atoms with Gasteiger partial charge in [0.15, 0.2) is 0 Å². The summed E-state index contributed by atoms with van der Waals surface area (Å²) in [6.45, 7) is 8.92. The Morgan fingerprint density at radius 2 is 1.55 bits per heavy atom. The molecule has 0 heterocycles. The topological polar surface area (TPSA) is 0 Å². The van der Waals surface area contributed by atoms with E-state index in [0.29, 0.717) is 5.38 Å². The first-order valence-corrected chi connectivity index (χ1v) is 5.10. The van der Waals surface area contributed by atoms with E-state index in [2.05, 4.69) is 27.7 Å². The second-order valence-corrected chi connectivity index (χ2v) is 4.84. The average Bonchev–Trinajstić information content (AvgIpc) is 1.82. The zero-order valence-electron chi connectivity index (χ0n) is 8.23. The quantitative estimate of drug-likeness (QED) is 0.554. The van der Waals surface area contributed by atoms with Crippen LogP contribution in [-0.4, -0.2) is 5.38 Å². The normalized spacial score (nSPS) is 16.9. The number of hydrogen-bond donors (Lipinski definition) is 0. The zero-order valence-corrected chi connectivity index (χ0v) is 8.99. The van der Waals surface area contributed by atoms with Gasteiger partial charge in [0.05, 0.1) is 0 Å². The summed E-state index contributed by atoms with van der Waals surface area (Å²) in [7, 11) is 0. The van der Waals surface area contributed by atoms with Gasteiger partial charge in [0.2, 0.25) is 0 Å². The summed E-state index contributed by atoms with van der Waals surface area (Å²) < 4.78 is 0. The van der Waals surface area contributed by atoms with Gasteiger partial charge in [-0.05, 0) is 25.2 Å². The van der Waals surface area contributed by atoms with Crippen molar-refractivity contribution in [3.63, 3.8) is 0 Å². The van der Waals surface area contributed by atoms with Crippen molar-refractivity contribution in [2.24, 2.45) is 11.8 Å². The molecular formula is C10H21Cl. The Kier molecular flexibility index (Phi) is 6.03. The molecule has 0 rings (SSSR count). The van der Waals surface area contributed by atoms with Gasteiger partial charge in [-0.25, -0.2) is 0 Å². The molecule has 0 saturated carbocycles.